The maximum Gasteiger partial charge on any atom is 0.338 e. The molecule has 0 N–H and O–H groups in total. The quantitative estimate of drug-likeness (QED) is 0.446. The highest BCUT2D eigenvalue weighted by Gasteiger charge is 2.21. The first kappa shape index (κ1) is 11.4. The molecule has 0 saturated heterocycles. The smallest absolute Gasteiger partial charge is 0.338 e. The Balaban J connectivity index is 3.35. The predicted octanol–water partition coefficient (Wildman–Crippen LogP) is 2.17. The molecule has 0 aliphatic rings. The molecule has 1 rings (SSSR count). The molecule has 0 amide bonds. The summed E-state index contributed by atoms with van der Waals surface area (Å²) in [6, 6.07) is 1.64. The number of hydrogen-bond acceptors (Lipinski definition) is 4. The van der Waals surface area contributed by atoms with Crippen molar-refractivity contribution in [3.63, 3.8) is 0 Å². The minimum atomic E-state index is -1.04. The summed E-state index contributed by atoms with van der Waals surface area (Å²) in [5, 5.41) is 9.81. The molecule has 0 aliphatic heterocycles. The third-order valence-corrected chi connectivity index (χ3v) is 2.00. The van der Waals surface area contributed by atoms with E-state index >= 15 is 0 Å². The number of halogens is 2. The van der Waals surface area contributed by atoms with Crippen molar-refractivity contribution in [2.24, 2.45) is 0 Å². The predicted molar refractivity (Wildman–Crippen MR) is 49.4 cm³/mol. The maximum absolute atomic E-state index is 13.1. The van der Waals surface area contributed by atoms with Crippen LogP contribution in [-0.2, 0) is 4.74 Å². The van der Waals surface area contributed by atoms with Crippen LogP contribution in [0.25, 0.3) is 0 Å². The molecule has 0 atom stereocenters. The van der Waals surface area contributed by atoms with E-state index in [1.165, 1.54) is 0 Å². The van der Waals surface area contributed by atoms with E-state index in [1.807, 2.05) is 0 Å². The molecule has 1 aromatic rings. The Bertz CT molecular complexity index is 435. The molecule has 0 unspecified atom stereocenters. The molecule has 0 fully saturated rings. The van der Waals surface area contributed by atoms with E-state index in [0.717, 1.165) is 19.2 Å². The van der Waals surface area contributed by atoms with E-state index in [4.69, 9.17) is 11.6 Å². The average molecular weight is 234 g/mol. The van der Waals surface area contributed by atoms with Crippen LogP contribution in [0, 0.1) is 15.9 Å². The molecule has 0 spiro atoms. The van der Waals surface area contributed by atoms with Gasteiger partial charge in [0.2, 0.25) is 0 Å². The van der Waals surface area contributed by atoms with Gasteiger partial charge in [-0.3, -0.25) is 10.1 Å². The third-order valence-electron chi connectivity index (χ3n) is 1.63. The second-order valence-corrected chi connectivity index (χ2v) is 2.92. The fraction of sp³-hybridized carbons (Fsp3) is 0.125. The molecule has 80 valence electrons. The van der Waals surface area contributed by atoms with Gasteiger partial charge in [0, 0.05) is 6.07 Å². The number of nitro benzene ring substituents is 1. The van der Waals surface area contributed by atoms with E-state index in [-0.39, 0.29) is 5.56 Å². The normalized spacial score (nSPS) is 9.80. The number of methoxy groups -OCH3 is 1. The van der Waals surface area contributed by atoms with Crippen molar-refractivity contribution < 1.29 is 18.8 Å². The number of rotatable bonds is 2. The Labute approximate surface area is 88.6 Å². The van der Waals surface area contributed by atoms with Crippen LogP contribution in [0.2, 0.25) is 5.02 Å². The topological polar surface area (TPSA) is 69.4 Å². The van der Waals surface area contributed by atoms with Crippen LogP contribution in [0.1, 0.15) is 10.4 Å². The zero-order valence-corrected chi connectivity index (χ0v) is 8.25. The summed E-state index contributed by atoms with van der Waals surface area (Å²) in [6.45, 7) is 0. The van der Waals surface area contributed by atoms with E-state index in [0.29, 0.717) is 0 Å². The monoisotopic (exact) mass is 233 g/mol. The van der Waals surface area contributed by atoms with Crippen LogP contribution in [-0.4, -0.2) is 18.0 Å². The molecule has 0 saturated carbocycles. The minimum Gasteiger partial charge on any atom is -0.465 e. The molecule has 0 aliphatic carbocycles. The highest BCUT2D eigenvalue weighted by molar-refractivity contribution is 6.32. The van der Waals surface area contributed by atoms with Gasteiger partial charge in [0.15, 0.2) is 5.02 Å². The zero-order valence-electron chi connectivity index (χ0n) is 7.49. The van der Waals surface area contributed by atoms with Crippen molar-refractivity contribution >= 4 is 23.3 Å². The van der Waals surface area contributed by atoms with Gasteiger partial charge in [-0.05, 0) is 6.07 Å². The number of carbonyl (C=O) groups is 1. The molecule has 1 aromatic carbocycles. The van der Waals surface area contributed by atoms with Crippen molar-refractivity contribution in [1.29, 1.82) is 0 Å². The van der Waals surface area contributed by atoms with E-state index < -0.39 is 27.4 Å². The SMILES string of the molecule is COC(=O)c1cc(F)c(Cl)c([N+](=O)[O-])c1. The Hall–Kier alpha value is -1.69. The van der Waals surface area contributed by atoms with Gasteiger partial charge in [0.1, 0.15) is 5.82 Å². The number of benzene rings is 1. The lowest BCUT2D eigenvalue weighted by Gasteiger charge is -2.01. The van der Waals surface area contributed by atoms with Crippen molar-refractivity contribution in [3.05, 3.63) is 38.7 Å². The van der Waals surface area contributed by atoms with Gasteiger partial charge in [0.05, 0.1) is 17.6 Å². The molecular weight excluding hydrogens is 229 g/mol. The summed E-state index contributed by atoms with van der Waals surface area (Å²) >= 11 is 5.34. The molecular formula is C8H5ClFNO4. The van der Waals surface area contributed by atoms with Crippen LogP contribution >= 0.6 is 11.6 Å². The van der Waals surface area contributed by atoms with Crippen LogP contribution in [0.4, 0.5) is 10.1 Å². The lowest BCUT2D eigenvalue weighted by Crippen LogP contribution is -2.03. The second-order valence-electron chi connectivity index (χ2n) is 2.54. The lowest BCUT2D eigenvalue weighted by molar-refractivity contribution is -0.384. The summed E-state index contributed by atoms with van der Waals surface area (Å²) < 4.78 is 17.3. The van der Waals surface area contributed by atoms with E-state index in [1.54, 1.807) is 0 Å². The molecule has 0 bridgehead atoms. The van der Waals surface area contributed by atoms with Gasteiger partial charge in [0.25, 0.3) is 5.69 Å². The summed E-state index contributed by atoms with van der Waals surface area (Å²) in [6.07, 6.45) is 0. The minimum absolute atomic E-state index is 0.258. The first-order valence-electron chi connectivity index (χ1n) is 3.69. The number of ether oxygens (including phenoxy) is 1. The zero-order chi connectivity index (χ0) is 11.6. The van der Waals surface area contributed by atoms with Gasteiger partial charge in [-0.15, -0.1) is 0 Å². The Kier molecular flexibility index (Phi) is 3.21. The van der Waals surface area contributed by atoms with Crippen molar-refractivity contribution in [2.75, 3.05) is 7.11 Å². The van der Waals surface area contributed by atoms with Crippen LogP contribution in [0.5, 0.6) is 0 Å². The maximum atomic E-state index is 13.1. The van der Waals surface area contributed by atoms with Gasteiger partial charge < -0.3 is 4.74 Å². The Morgan fingerprint density at radius 3 is 2.67 bits per heavy atom. The Morgan fingerprint density at radius 1 is 1.60 bits per heavy atom. The van der Waals surface area contributed by atoms with Gasteiger partial charge in [-0.2, -0.15) is 0 Å². The fourth-order valence-electron chi connectivity index (χ4n) is 0.943. The molecule has 0 heterocycles. The van der Waals surface area contributed by atoms with Crippen LogP contribution in [0.3, 0.4) is 0 Å². The van der Waals surface area contributed by atoms with Crippen molar-refractivity contribution in [2.45, 2.75) is 0 Å². The number of carbonyl (C=O) groups excluding carboxylic acids is 1. The highest BCUT2D eigenvalue weighted by Crippen LogP contribution is 2.28. The molecule has 7 heteroatoms. The molecule has 5 nitrogen and oxygen atoms in total. The summed E-state index contributed by atoms with van der Waals surface area (Å²) in [5.74, 6) is -1.90. The van der Waals surface area contributed by atoms with E-state index in [9.17, 15) is 19.3 Å². The summed E-state index contributed by atoms with van der Waals surface area (Å²) in [5.41, 5.74) is -0.928. The fourth-order valence-corrected chi connectivity index (χ4v) is 1.12. The standard InChI is InChI=1S/C8H5ClFNO4/c1-15-8(12)4-2-5(10)7(9)6(3-4)11(13)14/h2-3H,1H3. The van der Waals surface area contributed by atoms with Gasteiger partial charge >= 0.3 is 5.97 Å². The van der Waals surface area contributed by atoms with Crippen LogP contribution in [0.15, 0.2) is 12.1 Å². The number of nitro groups is 1. The Morgan fingerprint density at radius 2 is 2.20 bits per heavy atom. The van der Waals surface area contributed by atoms with Gasteiger partial charge in [-0.25, -0.2) is 9.18 Å². The third kappa shape index (κ3) is 2.21. The van der Waals surface area contributed by atoms with Crippen LogP contribution < -0.4 is 0 Å². The lowest BCUT2D eigenvalue weighted by atomic mass is 10.2. The number of nitrogens with zero attached hydrogens (tertiary/aromatic N) is 1. The number of esters is 1. The molecule has 15 heavy (non-hydrogen) atoms. The average Bonchev–Trinajstić information content (AvgIpc) is 2.20. The van der Waals surface area contributed by atoms with Crippen molar-refractivity contribution in [1.82, 2.24) is 0 Å². The van der Waals surface area contributed by atoms with Crippen molar-refractivity contribution in [3.8, 4) is 0 Å². The second kappa shape index (κ2) is 4.22. The first-order valence-corrected chi connectivity index (χ1v) is 4.07. The van der Waals surface area contributed by atoms with Gasteiger partial charge in [-0.1, -0.05) is 11.6 Å². The molecule has 0 radical (unpaired) electrons. The number of hydrogen-bond donors (Lipinski definition) is 0. The molecule has 0 aromatic heterocycles. The largest absolute Gasteiger partial charge is 0.465 e. The summed E-state index contributed by atoms with van der Waals surface area (Å²) in [4.78, 5) is 20.6. The van der Waals surface area contributed by atoms with E-state index in [2.05, 4.69) is 4.74 Å². The summed E-state index contributed by atoms with van der Waals surface area (Å²) in [7, 11) is 1.08. The highest BCUT2D eigenvalue weighted by atomic mass is 35.5. The first-order chi connectivity index (χ1) is 6.97.